The molecular weight excluding hydrogens is 571 g/mol. The van der Waals surface area contributed by atoms with Crippen molar-refractivity contribution in [1.82, 2.24) is 5.43 Å². The zero-order chi connectivity index (χ0) is 25.9. The Bertz CT molecular complexity index is 1230. The first kappa shape index (κ1) is 27.1. The minimum absolute atomic E-state index is 0.341. The molecule has 8 heteroatoms. The van der Waals surface area contributed by atoms with Gasteiger partial charge in [0.05, 0.1) is 23.5 Å². The molecule has 3 rings (SSSR count). The van der Waals surface area contributed by atoms with Crippen LogP contribution in [0.5, 0.6) is 23.0 Å². The Kier molecular flexibility index (Phi) is 10.2. The fourth-order valence-electron chi connectivity index (χ4n) is 3.21. The summed E-state index contributed by atoms with van der Waals surface area (Å²) in [7, 11) is 1.59. The summed E-state index contributed by atoms with van der Waals surface area (Å²) in [5, 5.41) is 4.10. The lowest BCUT2D eigenvalue weighted by atomic mass is 10.2. The van der Waals surface area contributed by atoms with Crippen LogP contribution in [-0.2, 0) is 6.61 Å². The third kappa shape index (κ3) is 7.48. The molecule has 0 aromatic heterocycles. The van der Waals surface area contributed by atoms with Crippen LogP contribution in [-0.4, -0.2) is 32.4 Å². The zero-order valence-corrected chi connectivity index (χ0v) is 22.7. The maximum Gasteiger partial charge on any atom is 0.271 e. The number of hydrazone groups is 1. The Morgan fingerprint density at radius 1 is 1.03 bits per heavy atom. The molecule has 0 heterocycles. The second kappa shape index (κ2) is 13.5. The number of halogens is 1. The summed E-state index contributed by atoms with van der Waals surface area (Å²) in [5.41, 5.74) is 5.96. The first-order valence-electron chi connectivity index (χ1n) is 11.3. The van der Waals surface area contributed by atoms with E-state index in [2.05, 4.69) is 51.8 Å². The number of nitrogens with zero attached hydrogens (tertiary/aromatic N) is 1. The van der Waals surface area contributed by atoms with Gasteiger partial charge >= 0.3 is 0 Å². The molecule has 36 heavy (non-hydrogen) atoms. The molecule has 0 saturated heterocycles. The summed E-state index contributed by atoms with van der Waals surface area (Å²) < 4.78 is 23.6. The van der Waals surface area contributed by atoms with E-state index in [0.717, 1.165) is 14.7 Å². The molecule has 0 bridgehead atoms. The molecule has 188 valence electrons. The normalized spacial score (nSPS) is 10.7. The molecule has 3 aromatic rings. The van der Waals surface area contributed by atoms with Crippen molar-refractivity contribution in [3.63, 3.8) is 0 Å². The van der Waals surface area contributed by atoms with E-state index < -0.39 is 0 Å². The van der Waals surface area contributed by atoms with Crippen LogP contribution in [0.4, 0.5) is 0 Å². The molecule has 3 aromatic carbocycles. The number of benzene rings is 3. The van der Waals surface area contributed by atoms with Crippen LogP contribution < -0.4 is 24.4 Å². The van der Waals surface area contributed by atoms with Crippen molar-refractivity contribution >= 4 is 34.7 Å². The molecule has 0 spiro atoms. The lowest BCUT2D eigenvalue weighted by Crippen LogP contribution is -2.17. The Morgan fingerprint density at radius 2 is 1.81 bits per heavy atom. The van der Waals surface area contributed by atoms with Crippen LogP contribution >= 0.6 is 22.6 Å². The van der Waals surface area contributed by atoms with Crippen LogP contribution in [0.2, 0.25) is 0 Å². The Hall–Kier alpha value is -3.53. The molecule has 7 nitrogen and oxygen atoms in total. The van der Waals surface area contributed by atoms with Gasteiger partial charge in [0.1, 0.15) is 13.2 Å². The van der Waals surface area contributed by atoms with Crippen LogP contribution in [0.1, 0.15) is 34.0 Å². The standard InChI is InChI=1S/C28H29IN2O5/c1-5-13-35-24-12-11-22(16-25(24)34-6-2)28(32)31-30-17-21-14-23(29)27(26(15-21)33-4)36-18-20-9-7-19(3)8-10-20/h5,7-12,14-17H,1,6,13,18H2,2-4H3,(H,31,32)/b30-17+. The van der Waals surface area contributed by atoms with Gasteiger partial charge in [0.25, 0.3) is 5.91 Å². The summed E-state index contributed by atoms with van der Waals surface area (Å²) in [4.78, 5) is 12.6. The van der Waals surface area contributed by atoms with Gasteiger partial charge < -0.3 is 18.9 Å². The summed E-state index contributed by atoms with van der Waals surface area (Å²) >= 11 is 2.20. The molecule has 0 aliphatic rings. The van der Waals surface area contributed by atoms with Crippen molar-refractivity contribution in [2.24, 2.45) is 5.10 Å². The first-order valence-corrected chi connectivity index (χ1v) is 12.4. The Balaban J connectivity index is 1.68. The van der Waals surface area contributed by atoms with Gasteiger partial charge in [-0.15, -0.1) is 0 Å². The lowest BCUT2D eigenvalue weighted by molar-refractivity contribution is 0.0954. The maximum absolute atomic E-state index is 12.6. The first-order chi connectivity index (χ1) is 17.4. The highest BCUT2D eigenvalue weighted by atomic mass is 127. The average molecular weight is 600 g/mol. The van der Waals surface area contributed by atoms with E-state index in [1.807, 2.05) is 32.0 Å². The zero-order valence-electron chi connectivity index (χ0n) is 20.5. The Labute approximate surface area is 225 Å². The lowest BCUT2D eigenvalue weighted by Gasteiger charge is -2.14. The van der Waals surface area contributed by atoms with Crippen molar-refractivity contribution in [3.05, 3.63) is 93.1 Å². The molecule has 0 atom stereocenters. The van der Waals surface area contributed by atoms with Crippen molar-refractivity contribution in [2.45, 2.75) is 20.5 Å². The molecule has 0 aliphatic heterocycles. The third-order valence-corrected chi connectivity index (χ3v) is 5.80. The number of methoxy groups -OCH3 is 1. The van der Waals surface area contributed by atoms with Gasteiger partial charge in [-0.25, -0.2) is 5.43 Å². The SMILES string of the molecule is C=CCOc1ccc(C(=O)N/N=C/c2cc(I)c(OCc3ccc(C)cc3)c(OC)c2)cc1OCC. The number of hydrogen-bond acceptors (Lipinski definition) is 6. The van der Waals surface area contributed by atoms with E-state index >= 15 is 0 Å². The number of ether oxygens (including phenoxy) is 4. The highest BCUT2D eigenvalue weighted by Crippen LogP contribution is 2.34. The highest BCUT2D eigenvalue weighted by molar-refractivity contribution is 14.1. The molecule has 1 amide bonds. The van der Waals surface area contributed by atoms with Crippen LogP contribution in [0.3, 0.4) is 0 Å². The number of amides is 1. The van der Waals surface area contributed by atoms with Crippen molar-refractivity contribution in [1.29, 1.82) is 0 Å². The average Bonchev–Trinajstić information content (AvgIpc) is 2.88. The van der Waals surface area contributed by atoms with E-state index in [0.29, 0.717) is 48.4 Å². The number of rotatable bonds is 12. The summed E-state index contributed by atoms with van der Waals surface area (Å²) in [6.45, 7) is 8.77. The summed E-state index contributed by atoms with van der Waals surface area (Å²) in [6.07, 6.45) is 3.20. The second-order valence-corrected chi connectivity index (χ2v) is 8.86. The van der Waals surface area contributed by atoms with Gasteiger partial charge in [-0.1, -0.05) is 42.5 Å². The molecule has 0 unspecified atom stereocenters. The van der Waals surface area contributed by atoms with Crippen molar-refractivity contribution in [2.75, 3.05) is 20.3 Å². The fraction of sp³-hybridized carbons (Fsp3) is 0.214. The number of nitrogens with one attached hydrogen (secondary N) is 1. The monoisotopic (exact) mass is 600 g/mol. The predicted octanol–water partition coefficient (Wildman–Crippen LogP) is 5.91. The molecule has 0 radical (unpaired) electrons. The fourth-order valence-corrected chi connectivity index (χ4v) is 3.99. The summed E-state index contributed by atoms with van der Waals surface area (Å²) in [5.74, 6) is 1.89. The van der Waals surface area contributed by atoms with E-state index in [-0.39, 0.29) is 5.91 Å². The van der Waals surface area contributed by atoms with Gasteiger partial charge in [-0.2, -0.15) is 5.10 Å². The Morgan fingerprint density at radius 3 is 2.50 bits per heavy atom. The number of aryl methyl sites for hydroxylation is 1. The molecule has 0 saturated carbocycles. The number of hydrogen-bond donors (Lipinski definition) is 1. The molecule has 0 aliphatic carbocycles. The van der Waals surface area contributed by atoms with Gasteiger partial charge in [0.15, 0.2) is 23.0 Å². The highest BCUT2D eigenvalue weighted by Gasteiger charge is 2.13. The number of carbonyl (C=O) groups excluding carboxylic acids is 1. The minimum Gasteiger partial charge on any atom is -0.493 e. The summed E-state index contributed by atoms with van der Waals surface area (Å²) in [6, 6.07) is 16.9. The molecule has 1 N–H and O–H groups in total. The van der Waals surface area contributed by atoms with Gasteiger partial charge in [0.2, 0.25) is 0 Å². The van der Waals surface area contributed by atoms with E-state index in [1.165, 1.54) is 5.56 Å². The number of carbonyl (C=O) groups is 1. The van der Waals surface area contributed by atoms with Gasteiger partial charge in [-0.05, 0) is 77.9 Å². The van der Waals surface area contributed by atoms with Gasteiger partial charge in [-0.3, -0.25) is 4.79 Å². The van der Waals surface area contributed by atoms with E-state index in [1.54, 1.807) is 43.7 Å². The van der Waals surface area contributed by atoms with Crippen LogP contribution in [0.15, 0.2) is 72.4 Å². The van der Waals surface area contributed by atoms with Crippen LogP contribution in [0.25, 0.3) is 0 Å². The topological polar surface area (TPSA) is 78.4 Å². The largest absolute Gasteiger partial charge is 0.493 e. The van der Waals surface area contributed by atoms with Crippen molar-refractivity contribution < 1.29 is 23.7 Å². The second-order valence-electron chi connectivity index (χ2n) is 7.70. The minimum atomic E-state index is -0.373. The third-order valence-electron chi connectivity index (χ3n) is 5.00. The van der Waals surface area contributed by atoms with Crippen LogP contribution in [0, 0.1) is 10.5 Å². The predicted molar refractivity (Wildman–Crippen MR) is 150 cm³/mol. The maximum atomic E-state index is 12.6. The quantitative estimate of drug-likeness (QED) is 0.121. The van der Waals surface area contributed by atoms with Gasteiger partial charge in [0, 0.05) is 5.56 Å². The molecular formula is C28H29IN2O5. The molecule has 0 fully saturated rings. The van der Waals surface area contributed by atoms with Crippen molar-refractivity contribution in [3.8, 4) is 23.0 Å². The van der Waals surface area contributed by atoms with E-state index in [4.69, 9.17) is 18.9 Å². The smallest absolute Gasteiger partial charge is 0.271 e. The van der Waals surface area contributed by atoms with E-state index in [9.17, 15) is 4.79 Å².